The quantitative estimate of drug-likeness (QED) is 0.442. The molecule has 138 valence electrons. The van der Waals surface area contributed by atoms with Gasteiger partial charge in [0.15, 0.2) is 11.5 Å². The Morgan fingerprint density at radius 2 is 2.00 bits per heavy atom. The number of nitrogens with zero attached hydrogens (tertiary/aromatic N) is 2. The number of benzene rings is 1. The Bertz CT molecular complexity index is 856. The molecule has 0 fully saturated rings. The summed E-state index contributed by atoms with van der Waals surface area (Å²) in [6.45, 7) is 0.642. The molecular weight excluding hydrogens is 372 g/mol. The third kappa shape index (κ3) is 4.64. The molecule has 0 aliphatic heterocycles. The fraction of sp³-hybridized carbons (Fsp3) is 0.333. The van der Waals surface area contributed by atoms with Crippen molar-refractivity contribution < 1.29 is 19.3 Å². The Hall–Kier alpha value is -1.87. The van der Waals surface area contributed by atoms with Gasteiger partial charge in [-0.15, -0.1) is 23.1 Å². The number of fused-ring (bicyclic) bond motifs is 1. The molecule has 2 heterocycles. The zero-order valence-corrected chi connectivity index (χ0v) is 16.2. The SMILES string of the molecule is COc1ccc(COCC(O)CSc2ncnc3sccc23)cc1OC. The van der Waals surface area contributed by atoms with Crippen molar-refractivity contribution in [2.24, 2.45) is 0 Å². The highest BCUT2D eigenvalue weighted by atomic mass is 32.2. The van der Waals surface area contributed by atoms with Gasteiger partial charge in [0.1, 0.15) is 16.2 Å². The maximum Gasteiger partial charge on any atom is 0.161 e. The Balaban J connectivity index is 1.47. The Morgan fingerprint density at radius 3 is 2.81 bits per heavy atom. The summed E-state index contributed by atoms with van der Waals surface area (Å²) in [6, 6.07) is 7.62. The van der Waals surface area contributed by atoms with E-state index in [-0.39, 0.29) is 6.61 Å². The largest absolute Gasteiger partial charge is 0.493 e. The van der Waals surface area contributed by atoms with Crippen molar-refractivity contribution in [3.05, 3.63) is 41.5 Å². The van der Waals surface area contributed by atoms with Crippen LogP contribution in [0.3, 0.4) is 0 Å². The molecule has 0 spiro atoms. The minimum absolute atomic E-state index is 0.249. The standard InChI is InChI=1S/C18H20N2O4S2/c1-22-15-4-3-12(7-16(15)23-2)8-24-9-13(21)10-26-18-14-5-6-25-17(14)19-11-20-18/h3-7,11,13,21H,8-10H2,1-2H3. The monoisotopic (exact) mass is 392 g/mol. The van der Waals surface area contributed by atoms with Gasteiger partial charge in [-0.25, -0.2) is 9.97 Å². The molecule has 2 aromatic heterocycles. The summed E-state index contributed by atoms with van der Waals surface area (Å²) in [4.78, 5) is 9.48. The summed E-state index contributed by atoms with van der Waals surface area (Å²) in [5.41, 5.74) is 0.957. The molecule has 1 N–H and O–H groups in total. The van der Waals surface area contributed by atoms with E-state index in [0.29, 0.717) is 23.9 Å². The highest BCUT2D eigenvalue weighted by Crippen LogP contribution is 2.29. The summed E-state index contributed by atoms with van der Waals surface area (Å²) in [6.07, 6.45) is 0.977. The molecule has 1 aromatic carbocycles. The van der Waals surface area contributed by atoms with Crippen LogP contribution in [0.4, 0.5) is 0 Å². The van der Waals surface area contributed by atoms with Crippen molar-refractivity contribution in [3.8, 4) is 11.5 Å². The van der Waals surface area contributed by atoms with Crippen molar-refractivity contribution in [2.45, 2.75) is 17.7 Å². The van der Waals surface area contributed by atoms with Crippen molar-refractivity contribution in [2.75, 3.05) is 26.6 Å². The van der Waals surface area contributed by atoms with Gasteiger partial charge in [0.05, 0.1) is 33.5 Å². The lowest BCUT2D eigenvalue weighted by Crippen LogP contribution is -2.18. The Labute approximate surface area is 160 Å². The number of ether oxygens (including phenoxy) is 3. The van der Waals surface area contributed by atoms with Crippen LogP contribution >= 0.6 is 23.1 Å². The van der Waals surface area contributed by atoms with E-state index in [1.165, 1.54) is 11.8 Å². The fourth-order valence-electron chi connectivity index (χ4n) is 2.39. The zero-order chi connectivity index (χ0) is 18.4. The second-order valence-corrected chi connectivity index (χ2v) is 7.39. The molecule has 3 rings (SSSR count). The van der Waals surface area contributed by atoms with Gasteiger partial charge in [-0.05, 0) is 29.1 Å². The van der Waals surface area contributed by atoms with Gasteiger partial charge >= 0.3 is 0 Å². The predicted molar refractivity (Wildman–Crippen MR) is 103 cm³/mol. The number of methoxy groups -OCH3 is 2. The molecule has 0 aliphatic rings. The highest BCUT2D eigenvalue weighted by molar-refractivity contribution is 7.99. The number of aliphatic hydroxyl groups excluding tert-OH is 1. The normalized spacial score (nSPS) is 12.3. The van der Waals surface area contributed by atoms with E-state index in [1.807, 2.05) is 29.6 Å². The fourth-order valence-corrected chi connectivity index (χ4v) is 4.07. The van der Waals surface area contributed by atoms with Crippen LogP contribution in [0.25, 0.3) is 10.2 Å². The van der Waals surface area contributed by atoms with Crippen LogP contribution in [0, 0.1) is 0 Å². The third-order valence-corrected chi connectivity index (χ3v) is 5.64. The molecule has 8 heteroatoms. The first-order valence-corrected chi connectivity index (χ1v) is 9.85. The van der Waals surface area contributed by atoms with Crippen LogP contribution < -0.4 is 9.47 Å². The maximum atomic E-state index is 10.2. The predicted octanol–water partition coefficient (Wildman–Crippen LogP) is 3.38. The zero-order valence-electron chi connectivity index (χ0n) is 14.5. The van der Waals surface area contributed by atoms with Crippen LogP contribution in [0.1, 0.15) is 5.56 Å². The van der Waals surface area contributed by atoms with Crippen molar-refractivity contribution >= 4 is 33.3 Å². The first-order valence-electron chi connectivity index (χ1n) is 7.99. The minimum atomic E-state index is -0.580. The number of thiophene rings is 1. The van der Waals surface area contributed by atoms with E-state index in [4.69, 9.17) is 14.2 Å². The number of aromatic nitrogens is 2. The topological polar surface area (TPSA) is 73.7 Å². The van der Waals surface area contributed by atoms with E-state index in [1.54, 1.807) is 31.9 Å². The van der Waals surface area contributed by atoms with E-state index >= 15 is 0 Å². The molecule has 6 nitrogen and oxygen atoms in total. The van der Waals surface area contributed by atoms with Crippen LogP contribution in [0.15, 0.2) is 41.0 Å². The number of aliphatic hydroxyl groups is 1. The molecule has 0 bridgehead atoms. The molecule has 1 atom stereocenters. The van der Waals surface area contributed by atoms with E-state index < -0.39 is 6.10 Å². The lowest BCUT2D eigenvalue weighted by atomic mass is 10.2. The van der Waals surface area contributed by atoms with Crippen LogP contribution in [-0.4, -0.2) is 47.8 Å². The first-order chi connectivity index (χ1) is 12.7. The van der Waals surface area contributed by atoms with Gasteiger partial charge in [-0.3, -0.25) is 0 Å². The van der Waals surface area contributed by atoms with Crippen molar-refractivity contribution in [1.29, 1.82) is 0 Å². The average Bonchev–Trinajstić information content (AvgIpc) is 3.15. The second-order valence-electron chi connectivity index (χ2n) is 5.49. The molecule has 1 unspecified atom stereocenters. The Kier molecular flexibility index (Phi) is 6.67. The lowest BCUT2D eigenvalue weighted by Gasteiger charge is -2.12. The minimum Gasteiger partial charge on any atom is -0.493 e. The van der Waals surface area contributed by atoms with Crippen LogP contribution in [0.2, 0.25) is 0 Å². The van der Waals surface area contributed by atoms with Crippen LogP contribution in [-0.2, 0) is 11.3 Å². The summed E-state index contributed by atoms with van der Waals surface area (Å²) in [5.74, 6) is 1.85. The highest BCUT2D eigenvalue weighted by Gasteiger charge is 2.11. The van der Waals surface area contributed by atoms with Gasteiger partial charge < -0.3 is 19.3 Å². The average molecular weight is 393 g/mol. The van der Waals surface area contributed by atoms with E-state index in [2.05, 4.69) is 9.97 Å². The van der Waals surface area contributed by atoms with Gasteiger partial charge in [-0.2, -0.15) is 0 Å². The summed E-state index contributed by atoms with van der Waals surface area (Å²) >= 11 is 3.09. The van der Waals surface area contributed by atoms with Gasteiger partial charge in [0, 0.05) is 11.1 Å². The summed E-state index contributed by atoms with van der Waals surface area (Å²) in [7, 11) is 3.20. The maximum absolute atomic E-state index is 10.2. The first kappa shape index (κ1) is 18.9. The van der Waals surface area contributed by atoms with Crippen LogP contribution in [0.5, 0.6) is 11.5 Å². The van der Waals surface area contributed by atoms with Crippen molar-refractivity contribution in [3.63, 3.8) is 0 Å². The van der Waals surface area contributed by atoms with Gasteiger partial charge in [0.25, 0.3) is 0 Å². The molecule has 3 aromatic rings. The Morgan fingerprint density at radius 1 is 1.15 bits per heavy atom. The number of thioether (sulfide) groups is 1. The molecule has 26 heavy (non-hydrogen) atoms. The summed E-state index contributed by atoms with van der Waals surface area (Å²) < 4.78 is 16.1. The summed E-state index contributed by atoms with van der Waals surface area (Å²) in [5, 5.41) is 14.1. The van der Waals surface area contributed by atoms with Crippen molar-refractivity contribution in [1.82, 2.24) is 9.97 Å². The van der Waals surface area contributed by atoms with Gasteiger partial charge in [0.2, 0.25) is 0 Å². The number of hydrogen-bond donors (Lipinski definition) is 1. The molecular formula is C18H20N2O4S2. The molecule has 0 radical (unpaired) electrons. The smallest absolute Gasteiger partial charge is 0.161 e. The number of rotatable bonds is 9. The van der Waals surface area contributed by atoms with Gasteiger partial charge in [-0.1, -0.05) is 6.07 Å². The second kappa shape index (κ2) is 9.18. The van der Waals surface area contributed by atoms with E-state index in [9.17, 15) is 5.11 Å². The molecule has 0 saturated heterocycles. The van der Waals surface area contributed by atoms with E-state index in [0.717, 1.165) is 20.8 Å². The number of hydrogen-bond acceptors (Lipinski definition) is 8. The molecule has 0 saturated carbocycles. The molecule has 0 aliphatic carbocycles. The lowest BCUT2D eigenvalue weighted by molar-refractivity contribution is 0.0397. The molecule has 0 amide bonds. The third-order valence-electron chi connectivity index (χ3n) is 3.66.